The lowest BCUT2D eigenvalue weighted by molar-refractivity contribution is -0.185. The molecule has 4 rings (SSSR count). The smallest absolute Gasteiger partial charge is 0.188 e. The lowest BCUT2D eigenvalue weighted by Crippen LogP contribution is -2.59. The van der Waals surface area contributed by atoms with Gasteiger partial charge < -0.3 is 14.3 Å². The second-order valence-corrected chi connectivity index (χ2v) is 12.0. The van der Waals surface area contributed by atoms with Crippen molar-refractivity contribution in [2.45, 2.75) is 68.3 Å². The van der Waals surface area contributed by atoms with E-state index in [-0.39, 0.29) is 41.8 Å². The Labute approximate surface area is 196 Å². The molecule has 0 aromatic heterocycles. The number of allylic oxidation sites excluding steroid dienone is 1. The van der Waals surface area contributed by atoms with E-state index in [1.54, 1.807) is 18.2 Å². The lowest BCUT2D eigenvalue weighted by Gasteiger charge is -2.53. The average Bonchev–Trinajstić information content (AvgIpc) is 2.83. The van der Waals surface area contributed by atoms with Crippen LogP contribution in [-0.4, -0.2) is 45.2 Å². The van der Waals surface area contributed by atoms with Crippen LogP contribution in [0.25, 0.3) is 0 Å². The number of hydrogen-bond donors (Lipinski definition) is 0. The van der Waals surface area contributed by atoms with Gasteiger partial charge in [0.2, 0.25) is 0 Å². The fourth-order valence-electron chi connectivity index (χ4n) is 6.06. The highest BCUT2D eigenvalue weighted by Gasteiger charge is 2.60. The van der Waals surface area contributed by atoms with E-state index in [1.807, 2.05) is 6.92 Å². The van der Waals surface area contributed by atoms with Crippen molar-refractivity contribution in [3.05, 3.63) is 42.5 Å². The second-order valence-electron chi connectivity index (χ2n) is 9.93. The summed E-state index contributed by atoms with van der Waals surface area (Å²) in [6.45, 7) is 6.89. The predicted octanol–water partition coefficient (Wildman–Crippen LogP) is 4.14. The third-order valence-electron chi connectivity index (χ3n) is 7.99. The summed E-state index contributed by atoms with van der Waals surface area (Å²) in [5.41, 5.74) is 0.0490. The molecule has 7 heteroatoms. The Morgan fingerprint density at radius 2 is 2.00 bits per heavy atom. The number of sulfone groups is 1. The minimum Gasteiger partial charge on any atom is -0.353 e. The summed E-state index contributed by atoms with van der Waals surface area (Å²) in [6.07, 6.45) is 5.21. The molecule has 180 valence electrons. The van der Waals surface area contributed by atoms with E-state index in [0.29, 0.717) is 19.4 Å². The number of Topliss-reactive ketones (excluding diaryl/α,β-unsaturated/α-hetero) is 1. The maximum Gasteiger partial charge on any atom is 0.188 e. The Hall–Kier alpha value is -1.83. The molecule has 33 heavy (non-hydrogen) atoms. The number of ketones is 1. The molecule has 1 unspecified atom stereocenters. The van der Waals surface area contributed by atoms with Crippen LogP contribution in [0.3, 0.4) is 0 Å². The maximum atomic E-state index is 13.7. The molecule has 6 nitrogen and oxygen atoms in total. The summed E-state index contributed by atoms with van der Waals surface area (Å²) in [7, 11) is -3.94. The quantitative estimate of drug-likeness (QED) is 0.436. The fourth-order valence-corrected chi connectivity index (χ4v) is 8.12. The van der Waals surface area contributed by atoms with Crippen LogP contribution < -0.4 is 0 Å². The van der Waals surface area contributed by atoms with Gasteiger partial charge in [-0.1, -0.05) is 30.4 Å². The van der Waals surface area contributed by atoms with Gasteiger partial charge in [-0.15, -0.1) is 0 Å². The van der Waals surface area contributed by atoms with Gasteiger partial charge in [0, 0.05) is 24.4 Å². The molecule has 3 aliphatic rings. The highest BCUT2D eigenvalue weighted by atomic mass is 32.2. The molecule has 2 saturated carbocycles. The summed E-state index contributed by atoms with van der Waals surface area (Å²) in [4.78, 5) is 26.3. The molecule has 6 atom stereocenters. The first-order valence-electron chi connectivity index (χ1n) is 12.0. The number of hydrogen-bond acceptors (Lipinski definition) is 6. The first kappa shape index (κ1) is 24.3. The topological polar surface area (TPSA) is 86.7 Å². The van der Waals surface area contributed by atoms with Crippen molar-refractivity contribution in [2.24, 2.45) is 23.2 Å². The summed E-state index contributed by atoms with van der Waals surface area (Å²) in [5.74, 6) is -1.18. The van der Waals surface area contributed by atoms with Crippen molar-refractivity contribution in [3.8, 4) is 0 Å². The van der Waals surface area contributed by atoms with E-state index >= 15 is 0 Å². The number of carbonyl (C=O) groups is 2. The Balaban J connectivity index is 1.69. The molecule has 3 fully saturated rings. The summed E-state index contributed by atoms with van der Waals surface area (Å²) >= 11 is 0. The standard InChI is InChI=1S/C26H34O6S/c1-18(2)19-11-12-26(17-27)20(16-32-24-10-6-7-13-31-24)15-23(28)25(22(26)14-19)33(29,30)21-8-4-3-5-9-21/h3-5,8-9,17,19-20,22,24-25H,1,6-7,10-16H2,2H3/t19-,20+,22+,24?,25+,26+/m1/s1. The maximum absolute atomic E-state index is 13.7. The van der Waals surface area contributed by atoms with Crippen LogP contribution in [0.15, 0.2) is 47.4 Å². The molecule has 0 spiro atoms. The molecule has 1 aromatic rings. The van der Waals surface area contributed by atoms with Gasteiger partial charge in [-0.3, -0.25) is 4.79 Å². The van der Waals surface area contributed by atoms with E-state index in [4.69, 9.17) is 9.47 Å². The third-order valence-corrected chi connectivity index (χ3v) is 10.2. The monoisotopic (exact) mass is 474 g/mol. The zero-order valence-electron chi connectivity index (χ0n) is 19.3. The van der Waals surface area contributed by atoms with Gasteiger partial charge in [0.05, 0.1) is 11.5 Å². The Morgan fingerprint density at radius 3 is 2.64 bits per heavy atom. The molecule has 1 aliphatic heterocycles. The molecule has 0 N–H and O–H groups in total. The summed E-state index contributed by atoms with van der Waals surface area (Å²) in [6, 6.07) is 8.12. The van der Waals surface area contributed by atoms with Crippen LogP contribution in [0, 0.1) is 23.2 Å². The van der Waals surface area contributed by atoms with Crippen LogP contribution in [-0.2, 0) is 28.9 Å². The van der Waals surface area contributed by atoms with Gasteiger partial charge in [0.25, 0.3) is 0 Å². The van der Waals surface area contributed by atoms with E-state index < -0.39 is 26.4 Å². The van der Waals surface area contributed by atoms with Crippen molar-refractivity contribution in [3.63, 3.8) is 0 Å². The van der Waals surface area contributed by atoms with Crippen LogP contribution in [0.1, 0.15) is 51.9 Å². The first-order chi connectivity index (χ1) is 15.8. The van der Waals surface area contributed by atoms with Gasteiger partial charge in [0.1, 0.15) is 11.5 Å². The minimum atomic E-state index is -3.94. The molecule has 2 aliphatic carbocycles. The van der Waals surface area contributed by atoms with Crippen molar-refractivity contribution in [2.75, 3.05) is 13.2 Å². The van der Waals surface area contributed by atoms with E-state index in [2.05, 4.69) is 6.58 Å². The van der Waals surface area contributed by atoms with E-state index in [9.17, 15) is 18.0 Å². The van der Waals surface area contributed by atoms with Crippen LogP contribution in [0.2, 0.25) is 0 Å². The van der Waals surface area contributed by atoms with Crippen molar-refractivity contribution in [1.29, 1.82) is 0 Å². The van der Waals surface area contributed by atoms with Gasteiger partial charge in [0.15, 0.2) is 21.9 Å². The van der Waals surface area contributed by atoms with Gasteiger partial charge in [-0.05, 0) is 69.4 Å². The molecule has 1 saturated heterocycles. The molecule has 1 heterocycles. The first-order valence-corrected chi connectivity index (χ1v) is 13.5. The molecule has 0 radical (unpaired) electrons. The normalized spacial score (nSPS) is 34.9. The van der Waals surface area contributed by atoms with Crippen LogP contribution >= 0.6 is 0 Å². The SMILES string of the molecule is C=C(C)[C@@H]1CC[C@]2(C=O)[C@H](COC3CCCCO3)CC(=O)[C@@H](S(=O)(=O)c3ccccc3)[C@@H]2C1. The second kappa shape index (κ2) is 9.80. The number of aldehydes is 1. The minimum absolute atomic E-state index is 0.0242. The number of fused-ring (bicyclic) bond motifs is 1. The van der Waals surface area contributed by atoms with Gasteiger partial charge >= 0.3 is 0 Å². The molecular weight excluding hydrogens is 440 g/mol. The van der Waals surface area contributed by atoms with Gasteiger partial charge in [-0.25, -0.2) is 8.42 Å². The Kier molecular flexibility index (Phi) is 7.22. The summed E-state index contributed by atoms with van der Waals surface area (Å²) in [5, 5.41) is -1.23. The zero-order valence-corrected chi connectivity index (χ0v) is 20.1. The van der Waals surface area contributed by atoms with Gasteiger partial charge in [-0.2, -0.15) is 0 Å². The predicted molar refractivity (Wildman–Crippen MR) is 124 cm³/mol. The Bertz CT molecular complexity index is 981. The van der Waals surface area contributed by atoms with E-state index in [1.165, 1.54) is 12.1 Å². The van der Waals surface area contributed by atoms with Crippen molar-refractivity contribution in [1.82, 2.24) is 0 Å². The molecular formula is C26H34O6S. The highest BCUT2D eigenvalue weighted by Crippen LogP contribution is 2.56. The number of rotatable bonds is 7. The molecule has 1 aromatic carbocycles. The van der Waals surface area contributed by atoms with E-state index in [0.717, 1.165) is 37.5 Å². The number of ether oxygens (including phenoxy) is 2. The molecule has 0 amide bonds. The Morgan fingerprint density at radius 1 is 1.24 bits per heavy atom. The van der Waals surface area contributed by atoms with Crippen LogP contribution in [0.5, 0.6) is 0 Å². The van der Waals surface area contributed by atoms with Crippen molar-refractivity contribution < 1.29 is 27.5 Å². The highest BCUT2D eigenvalue weighted by molar-refractivity contribution is 7.92. The zero-order chi connectivity index (χ0) is 23.6. The van der Waals surface area contributed by atoms with Crippen molar-refractivity contribution >= 4 is 21.9 Å². The fraction of sp³-hybridized carbons (Fsp3) is 0.615. The van der Waals surface area contributed by atoms with Crippen LogP contribution in [0.4, 0.5) is 0 Å². The summed E-state index contributed by atoms with van der Waals surface area (Å²) < 4.78 is 39.1. The largest absolute Gasteiger partial charge is 0.353 e. The third kappa shape index (κ3) is 4.60. The lowest BCUT2D eigenvalue weighted by atomic mass is 9.52. The number of carbonyl (C=O) groups excluding carboxylic acids is 2. The number of benzene rings is 1. The average molecular weight is 475 g/mol. The molecule has 0 bridgehead atoms.